The number of imidazole rings is 1. The van der Waals surface area contributed by atoms with Gasteiger partial charge in [-0.1, -0.05) is 0 Å². The Hall–Kier alpha value is -2.12. The van der Waals surface area contributed by atoms with Crippen molar-refractivity contribution in [2.24, 2.45) is 7.05 Å². The largest absolute Gasteiger partial charge is 0.383 e. The third-order valence-electron chi connectivity index (χ3n) is 5.40. The van der Waals surface area contributed by atoms with E-state index in [4.69, 9.17) is 14.5 Å². The second-order valence-corrected chi connectivity index (χ2v) is 7.02. The van der Waals surface area contributed by atoms with Gasteiger partial charge < -0.3 is 23.8 Å². The highest BCUT2D eigenvalue weighted by molar-refractivity contribution is 5.98. The molecular weight excluding hydrogens is 332 g/mol. The molecule has 7 nitrogen and oxygen atoms in total. The summed E-state index contributed by atoms with van der Waals surface area (Å²) in [5, 5.41) is 0. The maximum atomic E-state index is 13.0. The number of hydrogen-bond acceptors (Lipinski definition) is 5. The molecule has 2 aliphatic heterocycles. The van der Waals surface area contributed by atoms with Crippen LogP contribution in [0.2, 0.25) is 0 Å². The number of benzene rings is 1. The van der Waals surface area contributed by atoms with Crippen LogP contribution < -0.4 is 4.90 Å². The Morgan fingerprint density at radius 2 is 2.12 bits per heavy atom. The summed E-state index contributed by atoms with van der Waals surface area (Å²) < 4.78 is 12.8. The number of fused-ring (bicyclic) bond motifs is 1. The smallest absolute Gasteiger partial charge is 0.254 e. The lowest BCUT2D eigenvalue weighted by Crippen LogP contribution is -2.38. The Kier molecular flexibility index (Phi) is 4.82. The lowest BCUT2D eigenvalue weighted by molar-refractivity contribution is 0.0631. The normalized spacial score (nSPS) is 20.9. The number of hydrogen-bond donors (Lipinski definition) is 0. The van der Waals surface area contributed by atoms with E-state index in [9.17, 15) is 4.79 Å². The van der Waals surface area contributed by atoms with Gasteiger partial charge in [-0.3, -0.25) is 4.79 Å². The van der Waals surface area contributed by atoms with Gasteiger partial charge in [0.15, 0.2) is 0 Å². The number of aryl methyl sites for hydroxylation is 1. The average molecular weight is 358 g/mol. The van der Waals surface area contributed by atoms with Crippen LogP contribution in [0.25, 0.3) is 11.0 Å². The van der Waals surface area contributed by atoms with E-state index in [1.807, 2.05) is 30.1 Å². The van der Waals surface area contributed by atoms with Crippen LogP contribution in [-0.2, 0) is 16.5 Å². The van der Waals surface area contributed by atoms with Crippen molar-refractivity contribution >= 4 is 22.9 Å². The van der Waals surface area contributed by atoms with Crippen molar-refractivity contribution in [1.82, 2.24) is 14.5 Å². The highest BCUT2D eigenvalue weighted by Gasteiger charge is 2.29. The molecule has 0 unspecified atom stereocenters. The number of aromatic nitrogens is 2. The number of likely N-dealkylation sites (tertiary alicyclic amines) is 1. The molecule has 2 saturated heterocycles. The molecule has 0 bridgehead atoms. The zero-order chi connectivity index (χ0) is 18.1. The third-order valence-corrected chi connectivity index (χ3v) is 5.40. The molecule has 0 spiro atoms. The first-order valence-corrected chi connectivity index (χ1v) is 9.28. The van der Waals surface area contributed by atoms with Crippen molar-refractivity contribution < 1.29 is 14.3 Å². The van der Waals surface area contributed by atoms with Gasteiger partial charge in [0.2, 0.25) is 5.95 Å². The highest BCUT2D eigenvalue weighted by atomic mass is 16.5. The molecule has 1 atom stereocenters. The van der Waals surface area contributed by atoms with E-state index in [1.165, 1.54) is 0 Å². The van der Waals surface area contributed by atoms with Gasteiger partial charge in [-0.05, 0) is 31.0 Å². The van der Waals surface area contributed by atoms with Gasteiger partial charge in [0, 0.05) is 39.4 Å². The van der Waals surface area contributed by atoms with Gasteiger partial charge in [-0.25, -0.2) is 4.98 Å². The van der Waals surface area contributed by atoms with Crippen LogP contribution in [0, 0.1) is 0 Å². The molecule has 140 valence electrons. The van der Waals surface area contributed by atoms with Crippen molar-refractivity contribution in [3.8, 4) is 0 Å². The maximum absolute atomic E-state index is 13.0. The number of ether oxygens (including phenoxy) is 2. The number of carbonyl (C=O) groups is 1. The molecule has 26 heavy (non-hydrogen) atoms. The number of nitrogens with zero attached hydrogens (tertiary/aromatic N) is 4. The Balaban J connectivity index is 1.62. The Labute approximate surface area is 153 Å². The van der Waals surface area contributed by atoms with E-state index >= 15 is 0 Å². The second-order valence-electron chi connectivity index (χ2n) is 7.02. The van der Waals surface area contributed by atoms with E-state index in [-0.39, 0.29) is 11.9 Å². The first kappa shape index (κ1) is 17.3. The fourth-order valence-electron chi connectivity index (χ4n) is 4.00. The van der Waals surface area contributed by atoms with Crippen LogP contribution >= 0.6 is 0 Å². The van der Waals surface area contributed by atoms with Crippen molar-refractivity contribution in [3.05, 3.63) is 23.8 Å². The summed E-state index contributed by atoms with van der Waals surface area (Å²) in [6, 6.07) is 6.01. The lowest BCUT2D eigenvalue weighted by Gasteiger charge is -2.27. The molecule has 2 aliphatic rings. The van der Waals surface area contributed by atoms with E-state index in [2.05, 4.69) is 9.47 Å². The quantitative estimate of drug-likeness (QED) is 0.832. The molecular formula is C19H26N4O3. The van der Waals surface area contributed by atoms with E-state index in [1.54, 1.807) is 7.11 Å². The molecule has 0 aliphatic carbocycles. The zero-order valence-corrected chi connectivity index (χ0v) is 15.5. The molecule has 4 rings (SSSR count). The zero-order valence-electron chi connectivity index (χ0n) is 15.5. The van der Waals surface area contributed by atoms with E-state index in [0.717, 1.165) is 62.7 Å². The number of morpholine rings is 1. The van der Waals surface area contributed by atoms with Crippen molar-refractivity contribution in [3.63, 3.8) is 0 Å². The van der Waals surface area contributed by atoms with Gasteiger partial charge in [-0.2, -0.15) is 0 Å². The van der Waals surface area contributed by atoms with Crippen LogP contribution in [-0.4, -0.2) is 73.0 Å². The Morgan fingerprint density at radius 1 is 1.31 bits per heavy atom. The second kappa shape index (κ2) is 7.25. The summed E-state index contributed by atoms with van der Waals surface area (Å²) in [6.45, 7) is 4.53. The molecule has 1 aromatic heterocycles. The van der Waals surface area contributed by atoms with Gasteiger partial charge in [0.05, 0.1) is 36.9 Å². The Bertz CT molecular complexity index is 797. The first-order valence-electron chi connectivity index (χ1n) is 9.28. The summed E-state index contributed by atoms with van der Waals surface area (Å²) >= 11 is 0. The van der Waals surface area contributed by atoms with Crippen LogP contribution in [0.4, 0.5) is 5.95 Å². The van der Waals surface area contributed by atoms with Gasteiger partial charge in [0.1, 0.15) is 0 Å². The molecule has 2 fully saturated rings. The number of amides is 1. The molecule has 1 amide bonds. The summed E-state index contributed by atoms with van der Waals surface area (Å²) in [5.41, 5.74) is 2.60. The van der Waals surface area contributed by atoms with Gasteiger partial charge in [-0.15, -0.1) is 0 Å². The lowest BCUT2D eigenvalue weighted by atomic mass is 10.1. The highest BCUT2D eigenvalue weighted by Crippen LogP contribution is 2.25. The van der Waals surface area contributed by atoms with Crippen LogP contribution in [0.3, 0.4) is 0 Å². The maximum Gasteiger partial charge on any atom is 0.254 e. The van der Waals surface area contributed by atoms with Crippen molar-refractivity contribution in [2.75, 3.05) is 51.5 Å². The van der Waals surface area contributed by atoms with E-state index in [0.29, 0.717) is 12.2 Å². The van der Waals surface area contributed by atoms with Gasteiger partial charge in [0.25, 0.3) is 5.91 Å². The summed E-state index contributed by atoms with van der Waals surface area (Å²) in [5.74, 6) is 1.01. The third kappa shape index (κ3) is 3.05. The minimum absolute atomic E-state index is 0.0741. The van der Waals surface area contributed by atoms with Crippen molar-refractivity contribution in [2.45, 2.75) is 18.9 Å². The van der Waals surface area contributed by atoms with Crippen molar-refractivity contribution in [1.29, 1.82) is 0 Å². The number of methoxy groups -OCH3 is 1. The van der Waals surface area contributed by atoms with Crippen LogP contribution in [0.15, 0.2) is 18.2 Å². The number of carbonyl (C=O) groups excluding carboxylic acids is 1. The molecule has 1 aromatic carbocycles. The van der Waals surface area contributed by atoms with Crippen LogP contribution in [0.5, 0.6) is 0 Å². The summed E-state index contributed by atoms with van der Waals surface area (Å²) in [4.78, 5) is 22.0. The molecule has 7 heteroatoms. The van der Waals surface area contributed by atoms with Gasteiger partial charge >= 0.3 is 0 Å². The summed E-state index contributed by atoms with van der Waals surface area (Å²) in [6.07, 6.45) is 2.04. The molecule has 0 N–H and O–H groups in total. The molecule has 3 heterocycles. The first-order chi connectivity index (χ1) is 12.7. The topological polar surface area (TPSA) is 59.8 Å². The molecule has 0 saturated carbocycles. The molecule has 0 radical (unpaired) electrons. The number of rotatable bonds is 4. The fourth-order valence-corrected chi connectivity index (χ4v) is 4.00. The molecule has 2 aromatic rings. The minimum Gasteiger partial charge on any atom is -0.383 e. The Morgan fingerprint density at radius 3 is 2.88 bits per heavy atom. The SMILES string of the molecule is COC[C@@H]1CCCN1C(=O)c1ccc2c(c1)nc(N1CCOCC1)n2C. The monoisotopic (exact) mass is 358 g/mol. The average Bonchev–Trinajstić information content (AvgIpc) is 3.26. The number of anilines is 1. The van der Waals surface area contributed by atoms with E-state index < -0.39 is 0 Å². The minimum atomic E-state index is 0.0741. The predicted molar refractivity (Wildman–Crippen MR) is 99.7 cm³/mol. The van der Waals surface area contributed by atoms with Crippen LogP contribution in [0.1, 0.15) is 23.2 Å². The standard InChI is InChI=1S/C19H26N4O3/c1-21-17-6-5-14(18(24)23-7-3-4-15(23)13-25-2)12-16(17)20-19(21)22-8-10-26-11-9-22/h5-6,12,15H,3-4,7-11,13H2,1-2H3/t15-/m0/s1. The summed E-state index contributed by atoms with van der Waals surface area (Å²) in [7, 11) is 3.71. The fraction of sp³-hybridized carbons (Fsp3) is 0.579. The predicted octanol–water partition coefficient (Wildman–Crippen LogP) is 1.66.